The van der Waals surface area contributed by atoms with Gasteiger partial charge in [-0.05, 0) is 37.1 Å². The van der Waals surface area contributed by atoms with Crippen LogP contribution in [0, 0.1) is 18.8 Å². The van der Waals surface area contributed by atoms with Gasteiger partial charge in [0.15, 0.2) is 0 Å². The van der Waals surface area contributed by atoms with E-state index < -0.39 is 23.1 Å². The maximum Gasteiger partial charge on any atom is 0.341 e. The van der Waals surface area contributed by atoms with E-state index in [4.69, 9.17) is 11.6 Å². The van der Waals surface area contributed by atoms with E-state index in [1.54, 1.807) is 0 Å². The van der Waals surface area contributed by atoms with Crippen molar-refractivity contribution in [3.05, 3.63) is 90.7 Å². The van der Waals surface area contributed by atoms with Crippen molar-refractivity contribution in [1.29, 1.82) is 0 Å². The standard InChI is InChI=1S/C26H24ClN3O6/c1-16-6-8-17(9-7-16)11-13-21(32)28-22-23(27)30(26(35)29(2)24(22)33)14-4-5-18-10-12-20(31)19(15-18)25(34)36-3/h6-10,12,15,31H,11,13-14H2,1-3H3,(H,28,32). The van der Waals surface area contributed by atoms with E-state index in [2.05, 4.69) is 21.9 Å². The fourth-order valence-electron chi connectivity index (χ4n) is 3.31. The number of methoxy groups -OCH3 is 1. The minimum absolute atomic E-state index is 0.0581. The smallest absolute Gasteiger partial charge is 0.341 e. The van der Waals surface area contributed by atoms with Gasteiger partial charge in [0.25, 0.3) is 5.56 Å². The van der Waals surface area contributed by atoms with Crippen molar-refractivity contribution in [1.82, 2.24) is 9.13 Å². The second-order valence-corrected chi connectivity index (χ2v) is 8.32. The Morgan fingerprint density at radius 3 is 2.50 bits per heavy atom. The molecule has 0 unspecified atom stereocenters. The number of nitrogens with one attached hydrogen (secondary N) is 1. The number of rotatable bonds is 6. The van der Waals surface area contributed by atoms with Crippen molar-refractivity contribution in [2.45, 2.75) is 26.3 Å². The average molecular weight is 510 g/mol. The monoisotopic (exact) mass is 509 g/mol. The summed E-state index contributed by atoms with van der Waals surface area (Å²) in [7, 11) is 2.46. The Hall–Kier alpha value is -4.29. The Balaban J connectivity index is 1.82. The van der Waals surface area contributed by atoms with E-state index in [9.17, 15) is 24.3 Å². The number of amides is 1. The van der Waals surface area contributed by atoms with Gasteiger partial charge in [0.1, 0.15) is 22.2 Å². The number of ether oxygens (including phenoxy) is 1. The Labute approximate surface area is 211 Å². The van der Waals surface area contributed by atoms with Gasteiger partial charge >= 0.3 is 11.7 Å². The number of anilines is 1. The number of carbonyl (C=O) groups excluding carboxylic acids is 2. The van der Waals surface area contributed by atoms with Crippen molar-refractivity contribution in [2.75, 3.05) is 12.4 Å². The summed E-state index contributed by atoms with van der Waals surface area (Å²) in [4.78, 5) is 49.5. The zero-order valence-electron chi connectivity index (χ0n) is 19.9. The van der Waals surface area contributed by atoms with Crippen LogP contribution in [0.15, 0.2) is 52.1 Å². The molecule has 0 radical (unpaired) electrons. The molecule has 2 N–H and O–H groups in total. The molecular formula is C26H24ClN3O6. The molecule has 0 aliphatic heterocycles. The lowest BCUT2D eigenvalue weighted by Gasteiger charge is -2.13. The number of benzene rings is 2. The molecule has 0 aliphatic carbocycles. The number of phenols is 1. The molecule has 0 atom stereocenters. The van der Waals surface area contributed by atoms with Gasteiger partial charge in [-0.25, -0.2) is 9.59 Å². The topological polar surface area (TPSA) is 120 Å². The molecule has 1 heterocycles. The van der Waals surface area contributed by atoms with Gasteiger partial charge in [-0.15, -0.1) is 0 Å². The fourth-order valence-corrected chi connectivity index (χ4v) is 3.57. The highest BCUT2D eigenvalue weighted by Crippen LogP contribution is 2.19. The molecule has 0 aliphatic rings. The van der Waals surface area contributed by atoms with E-state index in [0.717, 1.165) is 20.3 Å². The maximum atomic E-state index is 12.6. The molecule has 0 bridgehead atoms. The van der Waals surface area contributed by atoms with Gasteiger partial charge in [0.05, 0.1) is 13.7 Å². The largest absolute Gasteiger partial charge is 0.507 e. The number of aromatic nitrogens is 2. The third-order valence-electron chi connectivity index (χ3n) is 5.38. The van der Waals surface area contributed by atoms with Crippen molar-refractivity contribution >= 4 is 29.2 Å². The predicted molar refractivity (Wildman–Crippen MR) is 135 cm³/mol. The van der Waals surface area contributed by atoms with Gasteiger partial charge in [0.2, 0.25) is 5.91 Å². The first-order valence-corrected chi connectivity index (χ1v) is 11.2. The summed E-state index contributed by atoms with van der Waals surface area (Å²) in [6, 6.07) is 11.9. The number of halogens is 1. The molecule has 3 aromatic rings. The number of carbonyl (C=O) groups is 2. The number of phenolic OH excluding ortho intramolecular Hbond substituents is 1. The van der Waals surface area contributed by atoms with Crippen LogP contribution in [0.5, 0.6) is 5.75 Å². The highest BCUT2D eigenvalue weighted by atomic mass is 35.5. The number of aromatic hydroxyl groups is 1. The summed E-state index contributed by atoms with van der Waals surface area (Å²) in [5, 5.41) is 12.1. The molecule has 0 fully saturated rings. The van der Waals surface area contributed by atoms with Gasteiger partial charge in [-0.3, -0.25) is 18.7 Å². The number of aryl methyl sites for hydroxylation is 2. The van der Waals surface area contributed by atoms with Crippen LogP contribution in [0.4, 0.5) is 5.69 Å². The summed E-state index contributed by atoms with van der Waals surface area (Å²) >= 11 is 6.33. The molecule has 3 rings (SSSR count). The maximum absolute atomic E-state index is 12.6. The summed E-state index contributed by atoms with van der Waals surface area (Å²) in [5.41, 5.74) is 0.742. The van der Waals surface area contributed by atoms with E-state index in [-0.39, 0.29) is 35.1 Å². The second-order valence-electron chi connectivity index (χ2n) is 7.96. The molecule has 0 spiro atoms. The van der Waals surface area contributed by atoms with Crippen LogP contribution >= 0.6 is 11.6 Å². The lowest BCUT2D eigenvalue weighted by Crippen LogP contribution is -2.40. The Morgan fingerprint density at radius 2 is 1.83 bits per heavy atom. The number of esters is 1. The van der Waals surface area contributed by atoms with Crippen LogP contribution in [0.25, 0.3) is 0 Å². The quantitative estimate of drug-likeness (QED) is 0.299. The van der Waals surface area contributed by atoms with Gasteiger partial charge < -0.3 is 15.2 Å². The zero-order valence-corrected chi connectivity index (χ0v) is 20.7. The minimum Gasteiger partial charge on any atom is -0.507 e. The summed E-state index contributed by atoms with van der Waals surface area (Å²) < 4.78 is 6.50. The van der Waals surface area contributed by atoms with E-state index in [1.165, 1.54) is 32.4 Å². The molecule has 2 aromatic carbocycles. The van der Waals surface area contributed by atoms with Crippen LogP contribution < -0.4 is 16.6 Å². The third-order valence-corrected chi connectivity index (χ3v) is 5.77. The van der Waals surface area contributed by atoms with Crippen LogP contribution in [-0.4, -0.2) is 33.2 Å². The molecule has 9 nitrogen and oxygen atoms in total. The lowest BCUT2D eigenvalue weighted by molar-refractivity contribution is -0.116. The van der Waals surface area contributed by atoms with E-state index in [1.807, 2.05) is 31.2 Å². The van der Waals surface area contributed by atoms with Crippen molar-refractivity contribution in [2.24, 2.45) is 7.05 Å². The highest BCUT2D eigenvalue weighted by molar-refractivity contribution is 6.32. The fraction of sp³-hybridized carbons (Fsp3) is 0.231. The molecule has 1 amide bonds. The summed E-state index contributed by atoms with van der Waals surface area (Å²) in [6.07, 6.45) is 0.584. The zero-order chi connectivity index (χ0) is 26.4. The minimum atomic E-state index is -0.737. The number of hydrogen-bond donors (Lipinski definition) is 2. The normalized spacial score (nSPS) is 10.3. The Bertz CT molecular complexity index is 1490. The average Bonchev–Trinajstić information content (AvgIpc) is 2.87. The van der Waals surface area contributed by atoms with Gasteiger partial charge in [-0.1, -0.05) is 53.3 Å². The van der Waals surface area contributed by atoms with Crippen molar-refractivity contribution < 1.29 is 19.4 Å². The van der Waals surface area contributed by atoms with Crippen LogP contribution in [0.1, 0.15) is 33.5 Å². The number of nitrogens with zero attached hydrogens (tertiary/aromatic N) is 2. The molecule has 186 valence electrons. The highest BCUT2D eigenvalue weighted by Gasteiger charge is 2.18. The van der Waals surface area contributed by atoms with Crippen LogP contribution in [0.3, 0.4) is 0 Å². The first kappa shape index (κ1) is 26.3. The summed E-state index contributed by atoms with van der Waals surface area (Å²) in [5.74, 6) is 4.11. The number of hydrogen-bond acceptors (Lipinski definition) is 6. The molecule has 0 saturated heterocycles. The molecular weight excluding hydrogens is 486 g/mol. The SMILES string of the molecule is COC(=O)c1cc(C#CCn2c(Cl)c(NC(=O)CCc3ccc(C)cc3)c(=O)n(C)c2=O)ccc1O. The second kappa shape index (κ2) is 11.4. The Morgan fingerprint density at radius 1 is 1.14 bits per heavy atom. The lowest BCUT2D eigenvalue weighted by atomic mass is 10.1. The van der Waals surface area contributed by atoms with Crippen molar-refractivity contribution in [3.63, 3.8) is 0 Å². The van der Waals surface area contributed by atoms with Crippen LogP contribution in [-0.2, 0) is 29.5 Å². The molecule has 36 heavy (non-hydrogen) atoms. The third kappa shape index (κ3) is 6.03. The first-order valence-electron chi connectivity index (χ1n) is 10.9. The molecule has 0 saturated carbocycles. The molecule has 1 aromatic heterocycles. The van der Waals surface area contributed by atoms with Crippen LogP contribution in [0.2, 0.25) is 5.15 Å². The van der Waals surface area contributed by atoms with E-state index in [0.29, 0.717) is 12.0 Å². The van der Waals surface area contributed by atoms with Crippen molar-refractivity contribution in [3.8, 4) is 17.6 Å². The predicted octanol–water partition coefficient (Wildman–Crippen LogP) is 2.62. The first-order chi connectivity index (χ1) is 17.1. The van der Waals surface area contributed by atoms with E-state index >= 15 is 0 Å². The Kier molecular flexibility index (Phi) is 8.35. The van der Waals surface area contributed by atoms with Gasteiger partial charge in [-0.2, -0.15) is 0 Å². The molecule has 10 heteroatoms. The summed E-state index contributed by atoms with van der Waals surface area (Å²) in [6.45, 7) is 1.77. The van der Waals surface area contributed by atoms with Gasteiger partial charge in [0, 0.05) is 19.0 Å².